The minimum absolute atomic E-state index is 0.381. The quantitative estimate of drug-likeness (QED) is 0.663. The number of hydrogen-bond donors (Lipinski definition) is 1. The minimum atomic E-state index is 0.381. The molecule has 1 heterocycles. The summed E-state index contributed by atoms with van der Waals surface area (Å²) in [7, 11) is 2.14. The Morgan fingerprint density at radius 2 is 2.33 bits per heavy atom. The summed E-state index contributed by atoms with van der Waals surface area (Å²) in [6, 6.07) is 0.556. The van der Waals surface area contributed by atoms with Gasteiger partial charge in [0, 0.05) is 25.7 Å². The van der Waals surface area contributed by atoms with Gasteiger partial charge in [-0.15, -0.1) is 0 Å². The molecule has 1 saturated heterocycles. The lowest BCUT2D eigenvalue weighted by atomic mass is 10.2. The van der Waals surface area contributed by atoms with E-state index in [4.69, 9.17) is 4.74 Å². The van der Waals surface area contributed by atoms with Crippen molar-refractivity contribution in [1.82, 2.24) is 10.2 Å². The number of ether oxygens (including phenoxy) is 1. The lowest BCUT2D eigenvalue weighted by Gasteiger charge is -2.30. The monoisotopic (exact) mass is 172 g/mol. The van der Waals surface area contributed by atoms with E-state index >= 15 is 0 Å². The molecule has 0 saturated carbocycles. The fourth-order valence-electron chi connectivity index (χ4n) is 1.36. The summed E-state index contributed by atoms with van der Waals surface area (Å²) in [5.41, 5.74) is 0. The van der Waals surface area contributed by atoms with E-state index in [9.17, 15) is 0 Å². The molecule has 0 spiro atoms. The van der Waals surface area contributed by atoms with Gasteiger partial charge >= 0.3 is 0 Å². The summed E-state index contributed by atoms with van der Waals surface area (Å²) in [6.07, 6.45) is 0.381. The van der Waals surface area contributed by atoms with Crippen molar-refractivity contribution in [3.63, 3.8) is 0 Å². The highest BCUT2D eigenvalue weighted by atomic mass is 16.5. The molecule has 1 aliphatic rings. The molecule has 0 aliphatic carbocycles. The second-order valence-corrected chi connectivity index (χ2v) is 3.82. The summed E-state index contributed by atoms with van der Waals surface area (Å²) in [5.74, 6) is 0. The maximum atomic E-state index is 5.59. The first-order valence-corrected chi connectivity index (χ1v) is 4.72. The van der Waals surface area contributed by atoms with E-state index in [1.807, 2.05) is 0 Å². The number of morpholine rings is 1. The van der Waals surface area contributed by atoms with Crippen molar-refractivity contribution < 1.29 is 4.74 Å². The van der Waals surface area contributed by atoms with Gasteiger partial charge in [0.15, 0.2) is 0 Å². The van der Waals surface area contributed by atoms with E-state index < -0.39 is 0 Å². The number of rotatable bonds is 3. The zero-order valence-corrected chi connectivity index (χ0v) is 8.34. The normalized spacial score (nSPS) is 26.5. The Morgan fingerprint density at radius 1 is 1.58 bits per heavy atom. The van der Waals surface area contributed by atoms with Crippen LogP contribution in [0.4, 0.5) is 0 Å². The van der Waals surface area contributed by atoms with Gasteiger partial charge < -0.3 is 15.0 Å². The van der Waals surface area contributed by atoms with Crippen molar-refractivity contribution >= 4 is 0 Å². The molecule has 3 nitrogen and oxygen atoms in total. The van der Waals surface area contributed by atoms with Crippen molar-refractivity contribution in [1.29, 1.82) is 0 Å². The van der Waals surface area contributed by atoms with E-state index in [1.165, 1.54) is 0 Å². The highest BCUT2D eigenvalue weighted by Gasteiger charge is 2.16. The molecule has 1 aliphatic heterocycles. The van der Waals surface area contributed by atoms with Crippen LogP contribution in [0.5, 0.6) is 0 Å². The molecule has 1 fully saturated rings. The molecule has 12 heavy (non-hydrogen) atoms. The third-order valence-electron chi connectivity index (χ3n) is 2.10. The van der Waals surface area contributed by atoms with Gasteiger partial charge in [0.2, 0.25) is 0 Å². The fraction of sp³-hybridized carbons (Fsp3) is 1.00. The van der Waals surface area contributed by atoms with Crippen molar-refractivity contribution in [2.24, 2.45) is 0 Å². The van der Waals surface area contributed by atoms with Crippen LogP contribution in [-0.4, -0.2) is 50.3 Å². The van der Waals surface area contributed by atoms with E-state index in [2.05, 4.69) is 31.1 Å². The molecular weight excluding hydrogens is 152 g/mol. The Bertz CT molecular complexity index is 128. The first-order valence-electron chi connectivity index (χ1n) is 4.72. The molecule has 3 heteroatoms. The summed E-state index contributed by atoms with van der Waals surface area (Å²) >= 11 is 0. The van der Waals surface area contributed by atoms with Gasteiger partial charge in [-0.2, -0.15) is 0 Å². The van der Waals surface area contributed by atoms with E-state index in [0.29, 0.717) is 12.1 Å². The van der Waals surface area contributed by atoms with Gasteiger partial charge in [-0.05, 0) is 7.05 Å². The molecule has 0 aromatic carbocycles. The Hall–Kier alpha value is -0.120. The molecule has 0 bridgehead atoms. The maximum Gasteiger partial charge on any atom is 0.0826 e. The van der Waals surface area contributed by atoms with Crippen molar-refractivity contribution in [3.05, 3.63) is 0 Å². The van der Waals surface area contributed by atoms with Crippen LogP contribution in [0.3, 0.4) is 0 Å². The molecule has 0 unspecified atom stereocenters. The highest BCUT2D eigenvalue weighted by Crippen LogP contribution is 2.01. The summed E-state index contributed by atoms with van der Waals surface area (Å²) < 4.78 is 5.59. The second-order valence-electron chi connectivity index (χ2n) is 3.82. The molecule has 0 radical (unpaired) electrons. The highest BCUT2D eigenvalue weighted by molar-refractivity contribution is 4.71. The standard InChI is InChI=1S/C9H20N2O/c1-8(2)10-6-9-7-11(3)4-5-12-9/h8-10H,4-7H2,1-3H3/t9-/m0/s1. The van der Waals surface area contributed by atoms with Gasteiger partial charge in [-0.25, -0.2) is 0 Å². The molecule has 0 aromatic heterocycles. The zero-order valence-electron chi connectivity index (χ0n) is 8.34. The SMILES string of the molecule is CC(C)NC[C@H]1CN(C)CCO1. The number of nitrogens with one attached hydrogen (secondary N) is 1. The van der Waals surface area contributed by atoms with Crippen LogP contribution in [0, 0.1) is 0 Å². The predicted octanol–water partition coefficient (Wildman–Crippen LogP) is 0.315. The van der Waals surface area contributed by atoms with Gasteiger partial charge in [-0.3, -0.25) is 0 Å². The average Bonchev–Trinajstić information content (AvgIpc) is 2.01. The minimum Gasteiger partial charge on any atom is -0.374 e. The van der Waals surface area contributed by atoms with Gasteiger partial charge in [-0.1, -0.05) is 13.8 Å². The third kappa shape index (κ3) is 3.52. The van der Waals surface area contributed by atoms with E-state index in [0.717, 1.165) is 26.2 Å². The van der Waals surface area contributed by atoms with Crippen LogP contribution >= 0.6 is 0 Å². The number of likely N-dealkylation sites (N-methyl/N-ethyl adjacent to an activating group) is 1. The van der Waals surface area contributed by atoms with Crippen LogP contribution in [0.25, 0.3) is 0 Å². The van der Waals surface area contributed by atoms with E-state index in [-0.39, 0.29) is 0 Å². The number of hydrogen-bond acceptors (Lipinski definition) is 3. The lowest BCUT2D eigenvalue weighted by Crippen LogP contribution is -2.45. The molecular formula is C9H20N2O. The summed E-state index contributed by atoms with van der Waals surface area (Å²) in [4.78, 5) is 2.32. The topological polar surface area (TPSA) is 24.5 Å². The van der Waals surface area contributed by atoms with Gasteiger partial charge in [0.1, 0.15) is 0 Å². The Labute approximate surface area is 75.1 Å². The Balaban J connectivity index is 2.14. The average molecular weight is 172 g/mol. The van der Waals surface area contributed by atoms with Crippen molar-refractivity contribution in [2.45, 2.75) is 26.0 Å². The maximum absolute atomic E-state index is 5.59. The molecule has 0 aromatic rings. The first-order chi connectivity index (χ1) is 5.68. The predicted molar refractivity (Wildman–Crippen MR) is 50.4 cm³/mol. The first kappa shape index (κ1) is 9.96. The van der Waals surface area contributed by atoms with Crippen molar-refractivity contribution in [3.8, 4) is 0 Å². The van der Waals surface area contributed by atoms with Crippen LogP contribution in [0.2, 0.25) is 0 Å². The molecule has 1 rings (SSSR count). The Kier molecular flexibility index (Phi) is 3.98. The van der Waals surface area contributed by atoms with Crippen LogP contribution in [-0.2, 0) is 4.74 Å². The Morgan fingerprint density at radius 3 is 2.92 bits per heavy atom. The van der Waals surface area contributed by atoms with Crippen LogP contribution in [0.15, 0.2) is 0 Å². The summed E-state index contributed by atoms with van der Waals surface area (Å²) in [5, 5.41) is 3.38. The second kappa shape index (κ2) is 4.80. The molecule has 0 amide bonds. The largest absolute Gasteiger partial charge is 0.374 e. The van der Waals surface area contributed by atoms with Gasteiger partial charge in [0.05, 0.1) is 12.7 Å². The van der Waals surface area contributed by atoms with Crippen LogP contribution < -0.4 is 5.32 Å². The zero-order chi connectivity index (χ0) is 8.97. The van der Waals surface area contributed by atoms with E-state index in [1.54, 1.807) is 0 Å². The molecule has 72 valence electrons. The lowest BCUT2D eigenvalue weighted by molar-refractivity contribution is -0.0188. The molecule has 1 N–H and O–H groups in total. The summed E-state index contributed by atoms with van der Waals surface area (Å²) in [6.45, 7) is 8.29. The third-order valence-corrected chi connectivity index (χ3v) is 2.10. The number of nitrogens with zero attached hydrogens (tertiary/aromatic N) is 1. The smallest absolute Gasteiger partial charge is 0.0826 e. The van der Waals surface area contributed by atoms with Gasteiger partial charge in [0.25, 0.3) is 0 Å². The van der Waals surface area contributed by atoms with Crippen molar-refractivity contribution in [2.75, 3.05) is 33.3 Å². The van der Waals surface area contributed by atoms with Crippen LogP contribution in [0.1, 0.15) is 13.8 Å². The molecule has 1 atom stereocenters. The fourth-order valence-corrected chi connectivity index (χ4v) is 1.36.